The third-order valence-corrected chi connectivity index (χ3v) is 6.93. The van der Waals surface area contributed by atoms with Crippen LogP contribution in [0.3, 0.4) is 0 Å². The van der Waals surface area contributed by atoms with Crippen LogP contribution in [0.1, 0.15) is 22.3 Å². The van der Waals surface area contributed by atoms with E-state index in [1.54, 1.807) is 14.1 Å². The van der Waals surface area contributed by atoms with Crippen molar-refractivity contribution >= 4 is 5.91 Å². The van der Waals surface area contributed by atoms with Gasteiger partial charge in [0.15, 0.2) is 6.10 Å². The van der Waals surface area contributed by atoms with Gasteiger partial charge < -0.3 is 29.0 Å². The monoisotopic (exact) mass is 583 g/mol. The molecule has 4 rings (SSSR count). The molecule has 7 nitrogen and oxygen atoms in total. The van der Waals surface area contributed by atoms with E-state index >= 15 is 0 Å². The van der Waals surface area contributed by atoms with Crippen LogP contribution < -0.4 is 0 Å². The number of ether oxygens (including phenoxy) is 4. The van der Waals surface area contributed by atoms with E-state index in [1.165, 1.54) is 4.90 Å². The van der Waals surface area contributed by atoms with E-state index in [2.05, 4.69) is 0 Å². The maximum Gasteiger partial charge on any atom is 0.254 e. The molecule has 1 amide bonds. The largest absolute Gasteiger partial charge is 0.388 e. The number of nitrogens with zero attached hydrogens (tertiary/aromatic N) is 1. The third-order valence-electron chi connectivity index (χ3n) is 6.93. The first kappa shape index (κ1) is 32.1. The van der Waals surface area contributed by atoms with Crippen molar-refractivity contribution in [2.75, 3.05) is 20.7 Å². The minimum Gasteiger partial charge on any atom is -0.388 e. The second kappa shape index (κ2) is 17.3. The van der Waals surface area contributed by atoms with Crippen molar-refractivity contribution in [2.24, 2.45) is 0 Å². The Balaban J connectivity index is 1.62. The maximum atomic E-state index is 13.7. The van der Waals surface area contributed by atoms with Crippen LogP contribution in [-0.4, -0.2) is 61.0 Å². The molecule has 43 heavy (non-hydrogen) atoms. The van der Waals surface area contributed by atoms with E-state index in [9.17, 15) is 9.90 Å². The Morgan fingerprint density at radius 2 is 0.953 bits per heavy atom. The minimum atomic E-state index is -1.12. The first-order valence-electron chi connectivity index (χ1n) is 14.5. The van der Waals surface area contributed by atoms with E-state index in [0.29, 0.717) is 6.61 Å². The van der Waals surface area contributed by atoms with E-state index in [-0.39, 0.29) is 32.3 Å². The first-order valence-corrected chi connectivity index (χ1v) is 14.5. The van der Waals surface area contributed by atoms with Gasteiger partial charge in [-0.3, -0.25) is 4.79 Å². The van der Waals surface area contributed by atoms with Gasteiger partial charge in [-0.05, 0) is 22.3 Å². The van der Waals surface area contributed by atoms with Crippen LogP contribution in [0.4, 0.5) is 0 Å². The predicted molar refractivity (Wildman–Crippen MR) is 166 cm³/mol. The van der Waals surface area contributed by atoms with Gasteiger partial charge in [-0.15, -0.1) is 0 Å². The molecule has 0 aliphatic carbocycles. The smallest absolute Gasteiger partial charge is 0.254 e. The van der Waals surface area contributed by atoms with Crippen LogP contribution in [0.5, 0.6) is 0 Å². The highest BCUT2D eigenvalue weighted by molar-refractivity contribution is 5.81. The summed E-state index contributed by atoms with van der Waals surface area (Å²) in [7, 11) is 3.35. The Hall–Kier alpha value is -3.85. The Labute approximate surface area is 254 Å². The Morgan fingerprint density at radius 1 is 0.581 bits per heavy atom. The molecule has 0 aliphatic rings. The predicted octanol–water partition coefficient (Wildman–Crippen LogP) is 5.41. The lowest BCUT2D eigenvalue weighted by atomic mass is 10.0. The van der Waals surface area contributed by atoms with E-state index in [0.717, 1.165) is 22.3 Å². The van der Waals surface area contributed by atoms with Crippen LogP contribution in [0.25, 0.3) is 0 Å². The molecule has 0 saturated heterocycles. The van der Waals surface area contributed by atoms with Crippen molar-refractivity contribution in [3.8, 4) is 0 Å². The molecule has 1 N–H and O–H groups in total. The minimum absolute atomic E-state index is 0.0267. The highest BCUT2D eigenvalue weighted by Gasteiger charge is 2.41. The molecule has 0 saturated carbocycles. The zero-order valence-electron chi connectivity index (χ0n) is 24.8. The van der Waals surface area contributed by atoms with Gasteiger partial charge in [0, 0.05) is 14.1 Å². The van der Waals surface area contributed by atoms with Crippen LogP contribution >= 0.6 is 0 Å². The summed E-state index contributed by atoms with van der Waals surface area (Å²) in [6.45, 7) is 0.876. The standard InChI is InChI=1S/C36H41NO6/c1-37(2)36(39)35(43-26-31-21-13-6-14-22-31)34(42-25-30-19-11-5-12-20-30)33(41-24-29-17-9-4-10-18-29)32(38)27-40-23-28-15-7-3-8-16-28/h3-22,32-35,38H,23-27H2,1-2H3/t32-,33-,34+,35-/m1/s1. The molecule has 7 heteroatoms. The number of benzene rings is 4. The fraction of sp³-hybridized carbons (Fsp3) is 0.306. The van der Waals surface area contributed by atoms with Gasteiger partial charge in [0.05, 0.1) is 33.0 Å². The second-order valence-electron chi connectivity index (χ2n) is 10.5. The van der Waals surface area contributed by atoms with Crippen molar-refractivity contribution in [2.45, 2.75) is 50.8 Å². The van der Waals surface area contributed by atoms with Crippen LogP contribution in [-0.2, 0) is 50.2 Å². The Bertz CT molecular complexity index is 1320. The van der Waals surface area contributed by atoms with Crippen LogP contribution in [0.15, 0.2) is 121 Å². The van der Waals surface area contributed by atoms with Crippen molar-refractivity contribution in [3.63, 3.8) is 0 Å². The van der Waals surface area contributed by atoms with Gasteiger partial charge in [0.2, 0.25) is 0 Å². The number of carbonyl (C=O) groups is 1. The molecule has 0 spiro atoms. The van der Waals surface area contributed by atoms with Gasteiger partial charge >= 0.3 is 0 Å². The lowest BCUT2D eigenvalue weighted by molar-refractivity contribution is -0.195. The maximum absolute atomic E-state index is 13.7. The van der Waals surface area contributed by atoms with Crippen molar-refractivity contribution < 1.29 is 28.8 Å². The summed E-state index contributed by atoms with van der Waals surface area (Å²) in [5, 5.41) is 11.6. The fourth-order valence-electron chi connectivity index (χ4n) is 4.60. The molecule has 0 unspecified atom stereocenters. The number of hydrogen-bond acceptors (Lipinski definition) is 6. The average Bonchev–Trinajstić information content (AvgIpc) is 3.05. The molecule has 0 aromatic heterocycles. The topological polar surface area (TPSA) is 77.5 Å². The number of hydrogen-bond donors (Lipinski definition) is 1. The van der Waals surface area contributed by atoms with Gasteiger partial charge in [-0.1, -0.05) is 121 Å². The molecule has 0 aliphatic heterocycles. The zero-order chi connectivity index (χ0) is 30.3. The first-order chi connectivity index (χ1) is 21.0. The van der Waals surface area contributed by atoms with E-state index in [1.807, 2.05) is 121 Å². The van der Waals surface area contributed by atoms with Crippen molar-refractivity contribution in [1.82, 2.24) is 4.90 Å². The number of amides is 1. The second-order valence-corrected chi connectivity index (χ2v) is 10.5. The van der Waals surface area contributed by atoms with Gasteiger partial charge in [0.1, 0.15) is 18.3 Å². The highest BCUT2D eigenvalue weighted by Crippen LogP contribution is 2.23. The number of rotatable bonds is 17. The average molecular weight is 584 g/mol. The van der Waals surface area contributed by atoms with E-state index in [4.69, 9.17) is 18.9 Å². The molecular formula is C36H41NO6. The highest BCUT2D eigenvalue weighted by atomic mass is 16.6. The summed E-state index contributed by atoms with van der Waals surface area (Å²) in [6, 6.07) is 38.8. The fourth-order valence-corrected chi connectivity index (χ4v) is 4.60. The third kappa shape index (κ3) is 10.4. The number of likely N-dealkylation sites (N-methyl/N-ethyl adjacent to an activating group) is 1. The normalized spacial score (nSPS) is 14.0. The quantitative estimate of drug-likeness (QED) is 0.179. The van der Waals surface area contributed by atoms with Gasteiger partial charge in [-0.2, -0.15) is 0 Å². The van der Waals surface area contributed by atoms with Crippen molar-refractivity contribution in [1.29, 1.82) is 0 Å². The molecule has 4 aromatic carbocycles. The summed E-state index contributed by atoms with van der Waals surface area (Å²) in [4.78, 5) is 15.1. The van der Waals surface area contributed by atoms with Gasteiger partial charge in [0.25, 0.3) is 5.91 Å². The number of carbonyl (C=O) groups excluding carboxylic acids is 1. The summed E-state index contributed by atoms with van der Waals surface area (Å²) < 4.78 is 25.1. The number of aliphatic hydroxyl groups is 1. The SMILES string of the molecule is CN(C)C(=O)[C@H](OCc1ccccc1)[C@@H](OCc1ccccc1)[C@H](OCc1ccccc1)[C@H](O)COCc1ccccc1. The molecule has 0 fully saturated rings. The lowest BCUT2D eigenvalue weighted by Gasteiger charge is -2.36. The van der Waals surface area contributed by atoms with Gasteiger partial charge in [-0.25, -0.2) is 0 Å². The van der Waals surface area contributed by atoms with Crippen LogP contribution in [0.2, 0.25) is 0 Å². The number of aliphatic hydroxyl groups excluding tert-OH is 1. The summed E-state index contributed by atoms with van der Waals surface area (Å²) in [5.41, 5.74) is 3.74. The molecule has 0 bridgehead atoms. The summed E-state index contributed by atoms with van der Waals surface area (Å²) >= 11 is 0. The van der Waals surface area contributed by atoms with Crippen molar-refractivity contribution in [3.05, 3.63) is 144 Å². The Kier molecular flexibility index (Phi) is 12.9. The summed E-state index contributed by atoms with van der Waals surface area (Å²) in [6.07, 6.45) is -4.10. The van der Waals surface area contributed by atoms with Crippen LogP contribution in [0, 0.1) is 0 Å². The summed E-state index contributed by atoms with van der Waals surface area (Å²) in [5.74, 6) is -0.292. The molecular weight excluding hydrogens is 542 g/mol. The zero-order valence-corrected chi connectivity index (χ0v) is 24.8. The lowest BCUT2D eigenvalue weighted by Crippen LogP contribution is -2.54. The molecule has 4 aromatic rings. The Morgan fingerprint density at radius 3 is 1.37 bits per heavy atom. The molecule has 226 valence electrons. The van der Waals surface area contributed by atoms with E-state index < -0.39 is 24.4 Å². The molecule has 0 radical (unpaired) electrons. The molecule has 0 heterocycles. The molecule has 4 atom stereocenters.